The van der Waals surface area contributed by atoms with E-state index in [1.54, 1.807) is 17.6 Å². The van der Waals surface area contributed by atoms with Gasteiger partial charge < -0.3 is 5.32 Å². The van der Waals surface area contributed by atoms with Gasteiger partial charge in [0.25, 0.3) is 5.91 Å². The molecule has 2 N–H and O–H groups in total. The van der Waals surface area contributed by atoms with Crippen molar-refractivity contribution in [1.29, 1.82) is 0 Å². The molecule has 5 rings (SSSR count). The topological polar surface area (TPSA) is 70.6 Å². The van der Waals surface area contributed by atoms with E-state index in [1.165, 1.54) is 19.3 Å². The van der Waals surface area contributed by atoms with Gasteiger partial charge in [-0.3, -0.25) is 9.59 Å². The van der Waals surface area contributed by atoms with E-state index in [4.69, 9.17) is 0 Å². The molecule has 1 aromatic heterocycles. The third-order valence-electron chi connectivity index (χ3n) is 6.20. The Bertz CT molecular complexity index is 674. The maximum absolute atomic E-state index is 12.8. The standard InChI is InChI=1S/C19H25N3O2S/c1-12-2-3-25-16(12)10-21-22-17(23)11-20-18(24)19-7-13-4-14(8-19)6-15(5-13)9-19/h2-3,10,13-15H,4-9,11H2,1H3,(H,20,24)(H,22,23)/b21-10+. The summed E-state index contributed by atoms with van der Waals surface area (Å²) in [7, 11) is 0. The molecule has 0 unspecified atom stereocenters. The Labute approximate surface area is 152 Å². The predicted molar refractivity (Wildman–Crippen MR) is 98.4 cm³/mol. The second-order valence-electron chi connectivity index (χ2n) is 8.14. The van der Waals surface area contributed by atoms with E-state index in [9.17, 15) is 9.59 Å². The SMILES string of the molecule is Cc1ccsc1/C=N/NC(=O)CNC(=O)C12CC3CC(CC(C3)C1)C2. The third-order valence-corrected chi connectivity index (χ3v) is 7.16. The Morgan fingerprint density at radius 1 is 1.24 bits per heavy atom. The fraction of sp³-hybridized carbons (Fsp3) is 0.632. The van der Waals surface area contributed by atoms with Crippen LogP contribution >= 0.6 is 11.3 Å². The normalized spacial score (nSPS) is 32.9. The summed E-state index contributed by atoms with van der Waals surface area (Å²) in [4.78, 5) is 25.8. The molecule has 1 aromatic rings. The number of nitrogens with one attached hydrogen (secondary N) is 2. The van der Waals surface area contributed by atoms with Crippen LogP contribution in [0.3, 0.4) is 0 Å². The molecule has 4 aliphatic carbocycles. The van der Waals surface area contributed by atoms with Gasteiger partial charge in [-0.15, -0.1) is 11.3 Å². The molecule has 0 atom stereocenters. The largest absolute Gasteiger partial charge is 0.346 e. The van der Waals surface area contributed by atoms with Crippen molar-refractivity contribution in [3.63, 3.8) is 0 Å². The summed E-state index contributed by atoms with van der Waals surface area (Å²) < 4.78 is 0. The molecule has 2 amide bonds. The molecule has 6 heteroatoms. The van der Waals surface area contributed by atoms with Crippen LogP contribution < -0.4 is 10.7 Å². The molecule has 25 heavy (non-hydrogen) atoms. The fourth-order valence-corrected chi connectivity index (χ4v) is 6.24. The van der Waals surface area contributed by atoms with Gasteiger partial charge in [0, 0.05) is 10.3 Å². The first kappa shape index (κ1) is 16.8. The first-order valence-electron chi connectivity index (χ1n) is 9.18. The van der Waals surface area contributed by atoms with E-state index in [1.807, 2.05) is 18.4 Å². The van der Waals surface area contributed by atoms with E-state index < -0.39 is 0 Å². The molecule has 4 saturated carbocycles. The van der Waals surface area contributed by atoms with Crippen LogP contribution in [-0.2, 0) is 9.59 Å². The minimum atomic E-state index is -0.275. The maximum Gasteiger partial charge on any atom is 0.259 e. The smallest absolute Gasteiger partial charge is 0.259 e. The van der Waals surface area contributed by atoms with Crippen LogP contribution in [0, 0.1) is 30.1 Å². The number of hydrogen-bond donors (Lipinski definition) is 2. The van der Waals surface area contributed by atoms with Crippen molar-refractivity contribution in [3.8, 4) is 0 Å². The van der Waals surface area contributed by atoms with Crippen LogP contribution in [0.5, 0.6) is 0 Å². The first-order chi connectivity index (χ1) is 12.0. The Kier molecular flexibility index (Phi) is 4.40. The lowest BCUT2D eigenvalue weighted by molar-refractivity contribution is -0.147. The maximum atomic E-state index is 12.8. The summed E-state index contributed by atoms with van der Waals surface area (Å²) in [5.41, 5.74) is 3.43. The summed E-state index contributed by atoms with van der Waals surface area (Å²) >= 11 is 1.58. The van der Waals surface area contributed by atoms with Crippen LogP contribution in [0.15, 0.2) is 16.5 Å². The molecule has 1 heterocycles. The number of amides is 2. The van der Waals surface area contributed by atoms with Crippen molar-refractivity contribution in [1.82, 2.24) is 10.7 Å². The van der Waals surface area contributed by atoms with E-state index in [-0.39, 0.29) is 23.8 Å². The quantitative estimate of drug-likeness (QED) is 0.627. The predicted octanol–water partition coefficient (Wildman–Crippen LogP) is 2.84. The van der Waals surface area contributed by atoms with Crippen molar-refractivity contribution >= 4 is 29.4 Å². The van der Waals surface area contributed by atoms with Gasteiger partial charge in [0.2, 0.25) is 5.91 Å². The number of aryl methyl sites for hydroxylation is 1. The number of carbonyl (C=O) groups is 2. The van der Waals surface area contributed by atoms with E-state index in [0.29, 0.717) is 0 Å². The summed E-state index contributed by atoms with van der Waals surface area (Å²) in [6.07, 6.45) is 8.63. The second kappa shape index (κ2) is 6.56. The van der Waals surface area contributed by atoms with Crippen LogP contribution in [0.25, 0.3) is 0 Å². The van der Waals surface area contributed by atoms with Crippen molar-refractivity contribution in [2.45, 2.75) is 45.4 Å². The Balaban J connectivity index is 1.28. The zero-order valence-corrected chi connectivity index (χ0v) is 15.4. The summed E-state index contributed by atoms with van der Waals surface area (Å²) in [5, 5.41) is 8.84. The highest BCUT2D eigenvalue weighted by molar-refractivity contribution is 7.11. The van der Waals surface area contributed by atoms with Gasteiger partial charge in [-0.05, 0) is 80.2 Å². The molecule has 134 valence electrons. The van der Waals surface area contributed by atoms with Gasteiger partial charge in [-0.2, -0.15) is 5.10 Å². The van der Waals surface area contributed by atoms with Crippen molar-refractivity contribution in [2.24, 2.45) is 28.3 Å². The molecule has 4 fully saturated rings. The number of hydrazone groups is 1. The highest BCUT2D eigenvalue weighted by atomic mass is 32.1. The number of carbonyl (C=O) groups excluding carboxylic acids is 2. The highest BCUT2D eigenvalue weighted by Crippen LogP contribution is 2.60. The molecule has 0 radical (unpaired) electrons. The lowest BCUT2D eigenvalue weighted by Gasteiger charge is -2.55. The van der Waals surface area contributed by atoms with E-state index in [2.05, 4.69) is 15.8 Å². The van der Waals surface area contributed by atoms with Crippen LogP contribution in [0.4, 0.5) is 0 Å². The molecule has 4 bridgehead atoms. The van der Waals surface area contributed by atoms with Crippen molar-refractivity contribution in [3.05, 3.63) is 21.9 Å². The molecule has 0 spiro atoms. The molecule has 0 saturated heterocycles. The average Bonchev–Trinajstić information content (AvgIpc) is 2.96. The summed E-state index contributed by atoms with van der Waals surface area (Å²) in [5.74, 6) is 1.99. The van der Waals surface area contributed by atoms with Crippen molar-refractivity contribution < 1.29 is 9.59 Å². The second-order valence-corrected chi connectivity index (χ2v) is 9.09. The molecular formula is C19H25N3O2S. The summed E-state index contributed by atoms with van der Waals surface area (Å²) in [6, 6.07) is 2.01. The van der Waals surface area contributed by atoms with E-state index >= 15 is 0 Å². The minimum Gasteiger partial charge on any atom is -0.346 e. The van der Waals surface area contributed by atoms with Gasteiger partial charge >= 0.3 is 0 Å². The van der Waals surface area contributed by atoms with Gasteiger partial charge in [0.15, 0.2) is 0 Å². The molecule has 0 aliphatic heterocycles. The lowest BCUT2D eigenvalue weighted by atomic mass is 9.49. The number of hydrogen-bond acceptors (Lipinski definition) is 4. The minimum absolute atomic E-state index is 0.00134. The first-order valence-corrected chi connectivity index (χ1v) is 10.1. The number of thiophene rings is 1. The molecular weight excluding hydrogens is 334 g/mol. The fourth-order valence-electron chi connectivity index (χ4n) is 5.46. The monoisotopic (exact) mass is 359 g/mol. The highest BCUT2D eigenvalue weighted by Gasteiger charge is 2.54. The van der Waals surface area contributed by atoms with Crippen molar-refractivity contribution in [2.75, 3.05) is 6.54 Å². The van der Waals surface area contributed by atoms with E-state index in [0.717, 1.165) is 47.5 Å². The average molecular weight is 359 g/mol. The van der Waals surface area contributed by atoms with Gasteiger partial charge in [-0.1, -0.05) is 0 Å². The Morgan fingerprint density at radius 3 is 2.44 bits per heavy atom. The Hall–Kier alpha value is -1.69. The van der Waals surface area contributed by atoms with Gasteiger partial charge in [0.05, 0.1) is 12.8 Å². The van der Waals surface area contributed by atoms with Crippen LogP contribution in [0.1, 0.15) is 49.0 Å². The van der Waals surface area contributed by atoms with Crippen LogP contribution in [0.2, 0.25) is 0 Å². The zero-order valence-electron chi connectivity index (χ0n) is 14.6. The lowest BCUT2D eigenvalue weighted by Crippen LogP contribution is -2.54. The summed E-state index contributed by atoms with van der Waals surface area (Å²) in [6.45, 7) is 2.01. The number of nitrogens with zero attached hydrogens (tertiary/aromatic N) is 1. The van der Waals surface area contributed by atoms with Gasteiger partial charge in [-0.25, -0.2) is 5.43 Å². The molecule has 5 nitrogen and oxygen atoms in total. The zero-order chi connectivity index (χ0) is 17.4. The number of rotatable bonds is 5. The van der Waals surface area contributed by atoms with Crippen LogP contribution in [-0.4, -0.2) is 24.6 Å². The third kappa shape index (κ3) is 3.36. The molecule has 0 aromatic carbocycles. The molecule has 4 aliphatic rings. The van der Waals surface area contributed by atoms with Gasteiger partial charge in [0.1, 0.15) is 0 Å². The Morgan fingerprint density at radius 2 is 1.88 bits per heavy atom.